The predicted octanol–water partition coefficient (Wildman–Crippen LogP) is 8.36. The molecule has 7 rings (SSSR count). The van der Waals surface area contributed by atoms with Crippen molar-refractivity contribution in [1.29, 1.82) is 0 Å². The maximum absolute atomic E-state index is 12.7. The molecule has 0 fully saturated rings. The van der Waals surface area contributed by atoms with Gasteiger partial charge in [0.2, 0.25) is 0 Å². The number of halogens is 3. The summed E-state index contributed by atoms with van der Waals surface area (Å²) in [6.45, 7) is 5.02. The van der Waals surface area contributed by atoms with Gasteiger partial charge in [-0.15, -0.1) is 0 Å². The van der Waals surface area contributed by atoms with Crippen LogP contribution in [0.1, 0.15) is 59.7 Å². The fraction of sp³-hybridized carbons (Fsp3) is 0.250. The van der Waals surface area contributed by atoms with Crippen molar-refractivity contribution in [1.82, 2.24) is 19.8 Å². The molecular formula is C40H37Cl2IN4O6. The number of benzene rings is 3. The Morgan fingerprint density at radius 3 is 1.68 bits per heavy atom. The quantitative estimate of drug-likeness (QED) is 0.114. The largest absolute Gasteiger partial charge is 0.466 e. The van der Waals surface area contributed by atoms with Crippen LogP contribution in [0.2, 0.25) is 10.0 Å². The summed E-state index contributed by atoms with van der Waals surface area (Å²) in [5.74, 6) is -0.841. The number of esters is 2. The average Bonchev–Trinajstić information content (AvgIpc) is 3.72. The number of amides is 2. The molecule has 0 bridgehead atoms. The van der Waals surface area contributed by atoms with Crippen molar-refractivity contribution in [2.24, 2.45) is 0 Å². The van der Waals surface area contributed by atoms with Crippen LogP contribution < -0.4 is 10.6 Å². The summed E-state index contributed by atoms with van der Waals surface area (Å²) in [4.78, 5) is 49.0. The summed E-state index contributed by atoms with van der Waals surface area (Å²) in [6, 6.07) is 28.3. The van der Waals surface area contributed by atoms with Crippen molar-refractivity contribution in [3.05, 3.63) is 116 Å². The summed E-state index contributed by atoms with van der Waals surface area (Å²) in [6.07, 6.45) is 0.408. The molecule has 0 aliphatic carbocycles. The first kappa shape index (κ1) is 38.1. The lowest BCUT2D eigenvalue weighted by molar-refractivity contribution is -0.145. The highest BCUT2D eigenvalue weighted by molar-refractivity contribution is 14.1. The standard InChI is InChI=1S/C23H21ClN2O3.C17H16ClIN2O3/c1-2-29-21(27)12-18-14-25-23(28)20-13-19(16-9-6-10-17(24)11-16)22(26(18)20)15-7-4-3-5-8-15;1-2-24-15(22)7-12-9-20-17(23)14-8-13(16(19)21(12)14)10-4-3-5-11(18)6-10/h3-11,13,18H,2,12,14H2,1H3,(H,25,28);3-6,8,12H,2,7,9H2,1H3,(H,20,23). The van der Waals surface area contributed by atoms with Crippen molar-refractivity contribution >= 4 is 69.5 Å². The maximum atomic E-state index is 12.7. The Bertz CT molecular complexity index is 2170. The molecule has 2 aliphatic rings. The molecule has 2 unspecified atom stereocenters. The van der Waals surface area contributed by atoms with Gasteiger partial charge in [-0.1, -0.05) is 77.8 Å². The molecule has 274 valence electrons. The number of fused-ring (bicyclic) bond motifs is 2. The fourth-order valence-corrected chi connectivity index (χ4v) is 8.18. The van der Waals surface area contributed by atoms with Crippen LogP contribution in [0.15, 0.2) is 91.0 Å². The van der Waals surface area contributed by atoms with Gasteiger partial charge in [0.25, 0.3) is 11.8 Å². The van der Waals surface area contributed by atoms with Crippen LogP contribution in [0, 0.1) is 3.70 Å². The zero-order valence-corrected chi connectivity index (χ0v) is 32.7. The number of aromatic nitrogens is 2. The topological polar surface area (TPSA) is 121 Å². The van der Waals surface area contributed by atoms with Gasteiger partial charge in [-0.3, -0.25) is 19.2 Å². The molecule has 53 heavy (non-hydrogen) atoms. The second kappa shape index (κ2) is 17.0. The molecule has 0 saturated carbocycles. The monoisotopic (exact) mass is 866 g/mol. The smallest absolute Gasteiger partial charge is 0.307 e. The number of nitrogens with one attached hydrogen (secondary N) is 2. The van der Waals surface area contributed by atoms with E-state index in [9.17, 15) is 19.2 Å². The second-order valence-electron chi connectivity index (χ2n) is 12.4. The van der Waals surface area contributed by atoms with Crippen LogP contribution in [0.5, 0.6) is 0 Å². The molecule has 10 nitrogen and oxygen atoms in total. The van der Waals surface area contributed by atoms with Crippen molar-refractivity contribution in [3.8, 4) is 33.5 Å². The highest BCUT2D eigenvalue weighted by atomic mass is 127. The molecule has 2 atom stereocenters. The SMILES string of the molecule is CCOC(=O)CC1CNC(=O)c2cc(-c3cccc(Cl)c3)c(-c3ccccc3)n21.CCOC(=O)CC1CNC(=O)c2cc(-c3cccc(Cl)c3)c(I)n21. The van der Waals surface area contributed by atoms with Crippen molar-refractivity contribution < 1.29 is 28.7 Å². The average molecular weight is 868 g/mol. The molecule has 2 aliphatic heterocycles. The Hall–Kier alpha value is -4.59. The molecule has 0 radical (unpaired) electrons. The van der Waals surface area contributed by atoms with Crippen LogP contribution >= 0.6 is 45.8 Å². The minimum absolute atomic E-state index is 0.138. The van der Waals surface area contributed by atoms with Crippen molar-refractivity contribution in [2.45, 2.75) is 38.8 Å². The highest BCUT2D eigenvalue weighted by Crippen LogP contribution is 2.40. The third-order valence-corrected chi connectivity index (χ3v) is 10.5. The lowest BCUT2D eigenvalue weighted by atomic mass is 10.0. The van der Waals surface area contributed by atoms with Crippen molar-refractivity contribution in [3.63, 3.8) is 0 Å². The molecule has 4 heterocycles. The summed E-state index contributed by atoms with van der Waals surface area (Å²) in [5, 5.41) is 7.00. The van der Waals surface area contributed by atoms with Crippen molar-refractivity contribution in [2.75, 3.05) is 26.3 Å². The number of hydrogen-bond acceptors (Lipinski definition) is 6. The summed E-state index contributed by atoms with van der Waals surface area (Å²) >= 11 is 14.5. The van der Waals surface area contributed by atoms with Gasteiger partial charge in [-0.2, -0.15) is 0 Å². The van der Waals surface area contributed by atoms with E-state index in [0.717, 1.165) is 37.2 Å². The molecular weight excluding hydrogens is 830 g/mol. The number of nitrogens with zero attached hydrogens (tertiary/aromatic N) is 2. The number of carbonyl (C=O) groups is 4. The Kier molecular flexibility index (Phi) is 12.3. The fourth-order valence-electron chi connectivity index (χ4n) is 6.67. The third-order valence-electron chi connectivity index (χ3n) is 8.94. The zero-order chi connectivity index (χ0) is 37.6. The van der Waals surface area contributed by atoms with Gasteiger partial charge < -0.3 is 29.2 Å². The molecule has 2 aromatic heterocycles. The Balaban J connectivity index is 0.000000185. The van der Waals surface area contributed by atoms with Crippen LogP contribution in [0.3, 0.4) is 0 Å². The first-order chi connectivity index (χ1) is 25.6. The molecule has 0 spiro atoms. The first-order valence-corrected chi connectivity index (χ1v) is 19.0. The second-order valence-corrected chi connectivity index (χ2v) is 14.3. The maximum Gasteiger partial charge on any atom is 0.307 e. The van der Waals surface area contributed by atoms with Gasteiger partial charge in [0.05, 0.1) is 47.5 Å². The van der Waals surface area contributed by atoms with Gasteiger partial charge in [0, 0.05) is 34.3 Å². The normalized spacial score (nSPS) is 15.9. The van der Waals surface area contributed by atoms with E-state index < -0.39 is 0 Å². The lowest BCUT2D eigenvalue weighted by Crippen LogP contribution is -2.40. The van der Waals surface area contributed by atoms with E-state index in [0.29, 0.717) is 47.7 Å². The first-order valence-electron chi connectivity index (χ1n) is 17.2. The predicted molar refractivity (Wildman–Crippen MR) is 213 cm³/mol. The minimum atomic E-state index is -0.281. The Morgan fingerprint density at radius 1 is 0.679 bits per heavy atom. The lowest BCUT2D eigenvalue weighted by Gasteiger charge is -2.28. The molecule has 13 heteroatoms. The van der Waals surface area contributed by atoms with Gasteiger partial charge in [-0.05, 0) is 89.5 Å². The van der Waals surface area contributed by atoms with E-state index in [2.05, 4.69) is 33.2 Å². The van der Waals surface area contributed by atoms with Crippen LogP contribution in [-0.4, -0.2) is 59.2 Å². The summed E-state index contributed by atoms with van der Waals surface area (Å²) in [5.41, 5.74) is 6.63. The molecule has 0 saturated heterocycles. The van der Waals surface area contributed by atoms with Crippen LogP contribution in [0.4, 0.5) is 0 Å². The number of carbonyl (C=O) groups excluding carboxylic acids is 4. The van der Waals surface area contributed by atoms with Gasteiger partial charge in [0.15, 0.2) is 0 Å². The summed E-state index contributed by atoms with van der Waals surface area (Å²) in [7, 11) is 0. The van der Waals surface area contributed by atoms with E-state index in [1.807, 2.05) is 100 Å². The zero-order valence-electron chi connectivity index (χ0n) is 29.0. The van der Waals surface area contributed by atoms with Crippen LogP contribution in [-0.2, 0) is 19.1 Å². The molecule has 5 aromatic rings. The van der Waals surface area contributed by atoms with Gasteiger partial charge in [0.1, 0.15) is 11.4 Å². The van der Waals surface area contributed by atoms with E-state index in [1.165, 1.54) is 0 Å². The Morgan fingerprint density at radius 2 is 1.15 bits per heavy atom. The minimum Gasteiger partial charge on any atom is -0.466 e. The van der Waals surface area contributed by atoms with E-state index >= 15 is 0 Å². The highest BCUT2D eigenvalue weighted by Gasteiger charge is 2.33. The third kappa shape index (κ3) is 8.47. The molecule has 3 aromatic carbocycles. The van der Waals surface area contributed by atoms with E-state index in [4.69, 9.17) is 32.7 Å². The number of hydrogen-bond donors (Lipinski definition) is 2. The number of ether oxygens (including phenoxy) is 2. The molecule has 2 amide bonds. The number of rotatable bonds is 9. The van der Waals surface area contributed by atoms with Crippen LogP contribution in [0.25, 0.3) is 33.5 Å². The Labute approximate surface area is 330 Å². The van der Waals surface area contributed by atoms with Gasteiger partial charge in [-0.25, -0.2) is 0 Å². The van der Waals surface area contributed by atoms with E-state index in [1.54, 1.807) is 13.8 Å². The molecule has 2 N–H and O–H groups in total. The summed E-state index contributed by atoms with van der Waals surface area (Å²) < 4.78 is 15.0. The van der Waals surface area contributed by atoms with E-state index in [-0.39, 0.29) is 48.7 Å². The van der Waals surface area contributed by atoms with Gasteiger partial charge >= 0.3 is 11.9 Å².